The van der Waals surface area contributed by atoms with Gasteiger partial charge in [0.25, 0.3) is 0 Å². The van der Waals surface area contributed by atoms with Gasteiger partial charge in [0, 0.05) is 18.3 Å². The molecule has 0 amide bonds. The van der Waals surface area contributed by atoms with E-state index < -0.39 is 0 Å². The molecule has 0 saturated carbocycles. The third-order valence-corrected chi connectivity index (χ3v) is 2.63. The van der Waals surface area contributed by atoms with Crippen molar-refractivity contribution in [1.82, 2.24) is 9.97 Å². The van der Waals surface area contributed by atoms with Crippen LogP contribution in [0.5, 0.6) is 0 Å². The Hall–Kier alpha value is -1.90. The van der Waals surface area contributed by atoms with Gasteiger partial charge in [0.2, 0.25) is 5.95 Å². The van der Waals surface area contributed by atoms with Gasteiger partial charge in [-0.25, -0.2) is 9.97 Å². The molecule has 1 aromatic carbocycles. The molecule has 2 rings (SSSR count). The molecule has 3 heteroatoms. The van der Waals surface area contributed by atoms with Gasteiger partial charge in [-0.15, -0.1) is 0 Å². The lowest BCUT2D eigenvalue weighted by Crippen LogP contribution is -2.03. The number of anilines is 1. The summed E-state index contributed by atoms with van der Waals surface area (Å²) in [5, 5.41) is 3.13. The highest BCUT2D eigenvalue weighted by Crippen LogP contribution is 2.21. The number of aryl methyl sites for hydroxylation is 2. The van der Waals surface area contributed by atoms with Gasteiger partial charge >= 0.3 is 0 Å². The molecule has 0 fully saturated rings. The van der Waals surface area contributed by atoms with Crippen LogP contribution in [0.4, 0.5) is 5.95 Å². The summed E-state index contributed by atoms with van der Waals surface area (Å²) >= 11 is 0. The van der Waals surface area contributed by atoms with Gasteiger partial charge in [-0.2, -0.15) is 0 Å². The van der Waals surface area contributed by atoms with Gasteiger partial charge in [0.15, 0.2) is 0 Å². The zero-order chi connectivity index (χ0) is 12.3. The fraction of sp³-hybridized carbons (Fsp3) is 0.286. The highest BCUT2D eigenvalue weighted by atomic mass is 15.1. The summed E-state index contributed by atoms with van der Waals surface area (Å²) in [4.78, 5) is 8.79. The second-order valence-electron chi connectivity index (χ2n) is 4.12. The summed E-state index contributed by atoms with van der Waals surface area (Å²) < 4.78 is 0. The van der Waals surface area contributed by atoms with Crippen molar-refractivity contribution < 1.29 is 0 Å². The Morgan fingerprint density at radius 3 is 2.47 bits per heavy atom. The number of nitrogens with zero attached hydrogens (tertiary/aromatic N) is 2. The van der Waals surface area contributed by atoms with E-state index in [0.29, 0.717) is 5.95 Å². The molecule has 0 atom stereocenters. The highest BCUT2D eigenvalue weighted by molar-refractivity contribution is 5.63. The molecule has 88 valence electrons. The fourth-order valence-corrected chi connectivity index (χ4v) is 1.69. The molecule has 0 aliphatic heterocycles. The van der Waals surface area contributed by atoms with Crippen LogP contribution >= 0.6 is 0 Å². The predicted octanol–water partition coefficient (Wildman–Crippen LogP) is 3.19. The van der Waals surface area contributed by atoms with E-state index in [4.69, 9.17) is 0 Å². The number of rotatable bonds is 3. The number of benzene rings is 1. The van der Waals surface area contributed by atoms with Crippen LogP contribution in [-0.4, -0.2) is 16.5 Å². The zero-order valence-corrected chi connectivity index (χ0v) is 10.5. The topological polar surface area (TPSA) is 37.8 Å². The quantitative estimate of drug-likeness (QED) is 0.875. The Morgan fingerprint density at radius 1 is 1.12 bits per heavy atom. The van der Waals surface area contributed by atoms with E-state index in [0.717, 1.165) is 23.4 Å². The van der Waals surface area contributed by atoms with E-state index in [1.807, 2.05) is 20.0 Å². The summed E-state index contributed by atoms with van der Waals surface area (Å²) in [5.41, 5.74) is 4.48. The third-order valence-electron chi connectivity index (χ3n) is 2.63. The van der Waals surface area contributed by atoms with Crippen molar-refractivity contribution in [3.63, 3.8) is 0 Å². The van der Waals surface area contributed by atoms with Gasteiger partial charge in [-0.1, -0.05) is 29.8 Å². The van der Waals surface area contributed by atoms with Crippen LogP contribution in [-0.2, 0) is 0 Å². The van der Waals surface area contributed by atoms with Crippen LogP contribution in [0.25, 0.3) is 11.3 Å². The minimum atomic E-state index is 0.689. The molecule has 1 aromatic heterocycles. The van der Waals surface area contributed by atoms with Crippen LogP contribution < -0.4 is 5.32 Å². The minimum absolute atomic E-state index is 0.689. The van der Waals surface area contributed by atoms with E-state index in [-0.39, 0.29) is 0 Å². The van der Waals surface area contributed by atoms with Crippen molar-refractivity contribution in [3.05, 3.63) is 41.6 Å². The van der Waals surface area contributed by atoms with E-state index in [9.17, 15) is 0 Å². The van der Waals surface area contributed by atoms with Crippen molar-refractivity contribution in [2.24, 2.45) is 0 Å². The van der Waals surface area contributed by atoms with Crippen molar-refractivity contribution in [3.8, 4) is 11.3 Å². The first-order valence-electron chi connectivity index (χ1n) is 5.85. The van der Waals surface area contributed by atoms with Gasteiger partial charge in [-0.05, 0) is 26.3 Å². The molecular formula is C14H17N3. The molecular weight excluding hydrogens is 210 g/mol. The molecule has 0 radical (unpaired) electrons. The molecule has 1 N–H and O–H groups in total. The van der Waals surface area contributed by atoms with Crippen LogP contribution in [0.2, 0.25) is 0 Å². The van der Waals surface area contributed by atoms with Crippen molar-refractivity contribution in [2.45, 2.75) is 20.8 Å². The summed E-state index contributed by atoms with van der Waals surface area (Å²) in [6, 6.07) is 8.40. The Balaban J connectivity index is 2.42. The molecule has 0 aliphatic carbocycles. The van der Waals surface area contributed by atoms with Gasteiger partial charge in [0.05, 0.1) is 5.69 Å². The summed E-state index contributed by atoms with van der Waals surface area (Å²) in [6.45, 7) is 6.98. The molecule has 2 aromatic rings. The average molecular weight is 227 g/mol. The molecule has 1 heterocycles. The normalized spacial score (nSPS) is 10.3. The Labute approximate surface area is 102 Å². The van der Waals surface area contributed by atoms with Crippen LogP contribution in [0, 0.1) is 13.8 Å². The lowest BCUT2D eigenvalue weighted by Gasteiger charge is -2.08. The van der Waals surface area contributed by atoms with E-state index in [1.165, 1.54) is 5.56 Å². The smallest absolute Gasteiger partial charge is 0.223 e. The number of aromatic nitrogens is 2. The summed E-state index contributed by atoms with van der Waals surface area (Å²) in [7, 11) is 0. The SMILES string of the molecule is CCNc1ncc(C)c(-c2ccc(C)cc2)n1. The largest absolute Gasteiger partial charge is 0.354 e. The van der Waals surface area contributed by atoms with Crippen LogP contribution in [0.15, 0.2) is 30.5 Å². The third kappa shape index (κ3) is 2.61. The number of hydrogen-bond donors (Lipinski definition) is 1. The fourth-order valence-electron chi connectivity index (χ4n) is 1.69. The summed E-state index contributed by atoms with van der Waals surface area (Å²) in [6.07, 6.45) is 1.86. The molecule has 0 bridgehead atoms. The maximum absolute atomic E-state index is 4.54. The van der Waals surface area contributed by atoms with Gasteiger partial charge in [0.1, 0.15) is 0 Å². The second kappa shape index (κ2) is 4.95. The molecule has 17 heavy (non-hydrogen) atoms. The second-order valence-corrected chi connectivity index (χ2v) is 4.12. The maximum atomic E-state index is 4.54. The zero-order valence-electron chi connectivity index (χ0n) is 10.5. The first-order valence-corrected chi connectivity index (χ1v) is 5.85. The van der Waals surface area contributed by atoms with Crippen LogP contribution in [0.3, 0.4) is 0 Å². The monoisotopic (exact) mass is 227 g/mol. The first-order chi connectivity index (χ1) is 8.20. The number of nitrogens with one attached hydrogen (secondary N) is 1. The first kappa shape index (κ1) is 11.6. The van der Waals surface area contributed by atoms with E-state index in [1.54, 1.807) is 0 Å². The van der Waals surface area contributed by atoms with Gasteiger partial charge < -0.3 is 5.32 Å². The van der Waals surface area contributed by atoms with E-state index in [2.05, 4.69) is 46.5 Å². The average Bonchev–Trinajstić information content (AvgIpc) is 2.33. The molecule has 0 saturated heterocycles. The Bertz CT molecular complexity index is 503. The highest BCUT2D eigenvalue weighted by Gasteiger charge is 2.05. The van der Waals surface area contributed by atoms with E-state index >= 15 is 0 Å². The Morgan fingerprint density at radius 2 is 1.82 bits per heavy atom. The lowest BCUT2D eigenvalue weighted by atomic mass is 10.1. The maximum Gasteiger partial charge on any atom is 0.223 e. The number of hydrogen-bond acceptors (Lipinski definition) is 3. The molecule has 0 spiro atoms. The van der Waals surface area contributed by atoms with Gasteiger partial charge in [-0.3, -0.25) is 0 Å². The van der Waals surface area contributed by atoms with Crippen molar-refractivity contribution in [1.29, 1.82) is 0 Å². The minimum Gasteiger partial charge on any atom is -0.354 e. The van der Waals surface area contributed by atoms with Crippen molar-refractivity contribution >= 4 is 5.95 Å². The molecule has 3 nitrogen and oxygen atoms in total. The Kier molecular flexibility index (Phi) is 3.38. The lowest BCUT2D eigenvalue weighted by molar-refractivity contribution is 1.07. The predicted molar refractivity (Wildman–Crippen MR) is 71.1 cm³/mol. The molecule has 0 aliphatic rings. The molecule has 0 unspecified atom stereocenters. The van der Waals surface area contributed by atoms with Crippen molar-refractivity contribution in [2.75, 3.05) is 11.9 Å². The summed E-state index contributed by atoms with van der Waals surface area (Å²) in [5.74, 6) is 0.689. The standard InChI is InChI=1S/C14H17N3/c1-4-15-14-16-9-11(3)13(17-14)12-7-5-10(2)6-8-12/h5-9H,4H2,1-3H3,(H,15,16,17). The van der Waals surface area contributed by atoms with Crippen LogP contribution in [0.1, 0.15) is 18.1 Å².